The molecular formula is C15H11BrClFO. The van der Waals surface area contributed by atoms with Gasteiger partial charge >= 0.3 is 0 Å². The number of hydrogen-bond donors (Lipinski definition) is 0. The van der Waals surface area contributed by atoms with E-state index in [4.69, 9.17) is 11.6 Å². The van der Waals surface area contributed by atoms with Crippen molar-refractivity contribution < 1.29 is 9.18 Å². The Morgan fingerprint density at radius 3 is 2.63 bits per heavy atom. The standard InChI is InChI=1S/C15H11BrClFO/c1-9-4-11(6-13(17)5-9)15(19)7-10-2-3-12(16)8-14(10)18/h2-6,8H,7H2,1H3. The van der Waals surface area contributed by atoms with Crippen LogP contribution >= 0.6 is 27.5 Å². The monoisotopic (exact) mass is 340 g/mol. The normalized spacial score (nSPS) is 10.5. The summed E-state index contributed by atoms with van der Waals surface area (Å²) in [6.07, 6.45) is 0.0267. The molecule has 0 bridgehead atoms. The number of carbonyl (C=O) groups is 1. The maximum atomic E-state index is 13.7. The van der Waals surface area contributed by atoms with Crippen LogP contribution in [0, 0.1) is 12.7 Å². The van der Waals surface area contributed by atoms with Gasteiger partial charge in [-0.2, -0.15) is 0 Å². The SMILES string of the molecule is Cc1cc(Cl)cc(C(=O)Cc2ccc(Br)cc2F)c1. The first-order valence-corrected chi connectivity index (χ1v) is 6.87. The Kier molecular flexibility index (Phi) is 4.38. The van der Waals surface area contributed by atoms with Gasteiger partial charge in [-0.1, -0.05) is 33.6 Å². The van der Waals surface area contributed by atoms with Crippen molar-refractivity contribution in [3.63, 3.8) is 0 Å². The Labute approximate surface area is 124 Å². The maximum absolute atomic E-state index is 13.7. The summed E-state index contributed by atoms with van der Waals surface area (Å²) in [4.78, 5) is 12.1. The molecule has 1 nitrogen and oxygen atoms in total. The molecule has 2 aromatic rings. The van der Waals surface area contributed by atoms with Crippen LogP contribution in [-0.2, 0) is 6.42 Å². The highest BCUT2D eigenvalue weighted by molar-refractivity contribution is 9.10. The third-order valence-electron chi connectivity index (χ3n) is 2.73. The molecule has 0 spiro atoms. The van der Waals surface area contributed by atoms with Crippen LogP contribution in [0.2, 0.25) is 5.02 Å². The van der Waals surface area contributed by atoms with Gasteiger partial charge in [-0.25, -0.2) is 4.39 Å². The number of hydrogen-bond acceptors (Lipinski definition) is 1. The molecule has 0 aliphatic rings. The van der Waals surface area contributed by atoms with Gasteiger partial charge in [-0.05, 0) is 48.4 Å². The Morgan fingerprint density at radius 1 is 1.26 bits per heavy atom. The highest BCUT2D eigenvalue weighted by Crippen LogP contribution is 2.19. The minimum absolute atomic E-state index is 0.0267. The third-order valence-corrected chi connectivity index (χ3v) is 3.44. The van der Waals surface area contributed by atoms with Gasteiger partial charge in [0.15, 0.2) is 5.78 Å². The molecular weight excluding hydrogens is 331 g/mol. The van der Waals surface area contributed by atoms with Gasteiger partial charge in [0, 0.05) is 21.5 Å². The molecule has 0 saturated heterocycles. The highest BCUT2D eigenvalue weighted by Gasteiger charge is 2.11. The minimum atomic E-state index is -0.388. The molecule has 0 aliphatic heterocycles. The summed E-state index contributed by atoms with van der Waals surface area (Å²) < 4.78 is 14.3. The zero-order valence-electron chi connectivity index (χ0n) is 10.2. The van der Waals surface area contributed by atoms with Crippen molar-refractivity contribution >= 4 is 33.3 Å². The molecule has 0 atom stereocenters. The molecule has 0 heterocycles. The molecule has 0 aliphatic carbocycles. The number of benzene rings is 2. The second kappa shape index (κ2) is 5.85. The fourth-order valence-corrected chi connectivity index (χ4v) is 2.46. The molecule has 4 heteroatoms. The number of halogens is 3. The average molecular weight is 342 g/mol. The van der Waals surface area contributed by atoms with Gasteiger partial charge in [-0.3, -0.25) is 4.79 Å². The molecule has 0 N–H and O–H groups in total. The zero-order chi connectivity index (χ0) is 14.0. The van der Waals surface area contributed by atoms with Gasteiger partial charge in [-0.15, -0.1) is 0 Å². The molecule has 2 rings (SSSR count). The van der Waals surface area contributed by atoms with Gasteiger partial charge < -0.3 is 0 Å². The summed E-state index contributed by atoms with van der Waals surface area (Å²) in [5.41, 5.74) is 1.80. The topological polar surface area (TPSA) is 17.1 Å². The minimum Gasteiger partial charge on any atom is -0.294 e. The predicted molar refractivity (Wildman–Crippen MR) is 78.3 cm³/mol. The molecule has 0 fully saturated rings. The molecule has 0 radical (unpaired) electrons. The number of rotatable bonds is 3. The van der Waals surface area contributed by atoms with Crippen LogP contribution < -0.4 is 0 Å². The zero-order valence-corrected chi connectivity index (χ0v) is 12.6. The van der Waals surface area contributed by atoms with E-state index >= 15 is 0 Å². The number of carbonyl (C=O) groups excluding carboxylic acids is 1. The van der Waals surface area contributed by atoms with E-state index in [-0.39, 0.29) is 18.0 Å². The smallest absolute Gasteiger partial charge is 0.167 e. The lowest BCUT2D eigenvalue weighted by Gasteiger charge is -2.05. The fraction of sp³-hybridized carbons (Fsp3) is 0.133. The molecule has 19 heavy (non-hydrogen) atoms. The van der Waals surface area contributed by atoms with E-state index in [1.807, 2.05) is 6.92 Å². The van der Waals surface area contributed by atoms with Crippen LogP contribution in [0.5, 0.6) is 0 Å². The van der Waals surface area contributed by atoms with Crippen LogP contribution in [0.15, 0.2) is 40.9 Å². The highest BCUT2D eigenvalue weighted by atomic mass is 79.9. The maximum Gasteiger partial charge on any atom is 0.167 e. The van der Waals surface area contributed by atoms with Crippen LogP contribution in [0.4, 0.5) is 4.39 Å². The summed E-state index contributed by atoms with van der Waals surface area (Å²) in [5.74, 6) is -0.534. The van der Waals surface area contributed by atoms with Crippen LogP contribution in [0.25, 0.3) is 0 Å². The summed E-state index contributed by atoms with van der Waals surface area (Å²) in [5, 5.41) is 0.514. The molecule has 0 amide bonds. The molecule has 0 unspecified atom stereocenters. The number of ketones is 1. The van der Waals surface area contributed by atoms with E-state index in [1.54, 1.807) is 30.3 Å². The molecule has 2 aromatic carbocycles. The van der Waals surface area contributed by atoms with Crippen molar-refractivity contribution in [2.45, 2.75) is 13.3 Å². The lowest BCUT2D eigenvalue weighted by atomic mass is 10.0. The number of Topliss-reactive ketones (excluding diaryl/α,β-unsaturated/α-hetero) is 1. The first kappa shape index (κ1) is 14.2. The summed E-state index contributed by atoms with van der Waals surface area (Å²) in [6.45, 7) is 1.86. The van der Waals surface area contributed by atoms with Crippen LogP contribution in [0.3, 0.4) is 0 Å². The third kappa shape index (κ3) is 3.64. The first-order chi connectivity index (χ1) is 8.95. The molecule has 0 saturated carbocycles. The lowest BCUT2D eigenvalue weighted by Crippen LogP contribution is -2.05. The summed E-state index contributed by atoms with van der Waals surface area (Å²) >= 11 is 9.10. The average Bonchev–Trinajstić information content (AvgIpc) is 2.31. The molecule has 0 aromatic heterocycles. The van der Waals surface area contributed by atoms with Crippen LogP contribution in [-0.4, -0.2) is 5.78 Å². The van der Waals surface area contributed by atoms with E-state index in [0.29, 0.717) is 20.6 Å². The van der Waals surface area contributed by atoms with E-state index in [9.17, 15) is 9.18 Å². The van der Waals surface area contributed by atoms with Crippen molar-refractivity contribution in [3.8, 4) is 0 Å². The van der Waals surface area contributed by atoms with E-state index in [1.165, 1.54) is 6.07 Å². The number of aryl methyl sites for hydroxylation is 1. The Morgan fingerprint density at radius 2 is 2.00 bits per heavy atom. The largest absolute Gasteiger partial charge is 0.294 e. The van der Waals surface area contributed by atoms with Crippen molar-refractivity contribution in [2.24, 2.45) is 0 Å². The van der Waals surface area contributed by atoms with E-state index in [0.717, 1.165) is 5.56 Å². The van der Waals surface area contributed by atoms with Crippen molar-refractivity contribution in [3.05, 3.63) is 68.4 Å². The summed E-state index contributed by atoms with van der Waals surface area (Å²) in [6, 6.07) is 9.81. The van der Waals surface area contributed by atoms with Gasteiger partial charge in [0.2, 0.25) is 0 Å². The van der Waals surface area contributed by atoms with Crippen LogP contribution in [0.1, 0.15) is 21.5 Å². The Balaban J connectivity index is 2.25. The van der Waals surface area contributed by atoms with Crippen molar-refractivity contribution in [1.82, 2.24) is 0 Å². The first-order valence-electron chi connectivity index (χ1n) is 5.70. The van der Waals surface area contributed by atoms with Crippen molar-refractivity contribution in [2.75, 3.05) is 0 Å². The van der Waals surface area contributed by atoms with Gasteiger partial charge in [0.25, 0.3) is 0 Å². The van der Waals surface area contributed by atoms with E-state index in [2.05, 4.69) is 15.9 Å². The fourth-order valence-electron chi connectivity index (χ4n) is 1.84. The molecule has 98 valence electrons. The second-order valence-electron chi connectivity index (χ2n) is 4.35. The van der Waals surface area contributed by atoms with Crippen molar-refractivity contribution in [1.29, 1.82) is 0 Å². The quantitative estimate of drug-likeness (QED) is 0.720. The second-order valence-corrected chi connectivity index (χ2v) is 5.71. The predicted octanol–water partition coefficient (Wildman–Crippen LogP) is 4.98. The Hall–Kier alpha value is -1.19. The van der Waals surface area contributed by atoms with Gasteiger partial charge in [0.1, 0.15) is 5.82 Å². The van der Waals surface area contributed by atoms with Gasteiger partial charge in [0.05, 0.1) is 0 Å². The Bertz CT molecular complexity index is 620. The summed E-state index contributed by atoms with van der Waals surface area (Å²) in [7, 11) is 0. The lowest BCUT2D eigenvalue weighted by molar-refractivity contribution is 0.0991. The van der Waals surface area contributed by atoms with E-state index < -0.39 is 0 Å².